The van der Waals surface area contributed by atoms with Crippen LogP contribution in [0.2, 0.25) is 0 Å². The van der Waals surface area contributed by atoms with Gasteiger partial charge in [-0.2, -0.15) is 0 Å². The van der Waals surface area contributed by atoms with E-state index in [0.29, 0.717) is 11.8 Å². The van der Waals surface area contributed by atoms with Gasteiger partial charge in [-0.15, -0.1) is 0 Å². The van der Waals surface area contributed by atoms with Gasteiger partial charge in [0.05, 0.1) is 16.7 Å². The summed E-state index contributed by atoms with van der Waals surface area (Å²) < 4.78 is 2.16. The summed E-state index contributed by atoms with van der Waals surface area (Å²) in [6.07, 6.45) is 5.37. The van der Waals surface area contributed by atoms with Crippen LogP contribution in [-0.4, -0.2) is 9.55 Å². The molecule has 1 heterocycles. The lowest BCUT2D eigenvalue weighted by Gasteiger charge is -2.18. The van der Waals surface area contributed by atoms with Crippen molar-refractivity contribution in [3.8, 4) is 5.69 Å². The molecule has 0 saturated heterocycles. The van der Waals surface area contributed by atoms with Crippen molar-refractivity contribution in [2.24, 2.45) is 11.8 Å². The molecule has 2 heteroatoms. The van der Waals surface area contributed by atoms with Crippen LogP contribution in [0.1, 0.15) is 38.8 Å². The van der Waals surface area contributed by atoms with E-state index < -0.39 is 0 Å². The van der Waals surface area contributed by atoms with Crippen molar-refractivity contribution in [1.29, 1.82) is 0 Å². The molecule has 119 valence electrons. The minimum absolute atomic E-state index is 0.623. The first-order valence-electron chi connectivity index (χ1n) is 8.52. The molecule has 0 unspecified atom stereocenters. The third-order valence-electron chi connectivity index (χ3n) is 4.08. The van der Waals surface area contributed by atoms with Gasteiger partial charge in [0, 0.05) is 0 Å². The second-order valence-corrected chi connectivity index (χ2v) is 7.16. The van der Waals surface area contributed by atoms with E-state index >= 15 is 0 Å². The molecule has 0 aliphatic rings. The number of benzene rings is 2. The standard InChI is InChI=1S/C21H25N2/c1-15(2)12-17-8-7-9-18(13-16(3)4)21(17)23-14-22-19-10-5-6-11-20(19)23/h5-11,15-16H,12-13H2,1-4H3. The van der Waals surface area contributed by atoms with Gasteiger partial charge >= 0.3 is 0 Å². The van der Waals surface area contributed by atoms with Crippen molar-refractivity contribution in [3.63, 3.8) is 0 Å². The number of para-hydroxylation sites is 3. The lowest BCUT2D eigenvalue weighted by atomic mass is 9.94. The van der Waals surface area contributed by atoms with Crippen LogP contribution in [0.4, 0.5) is 0 Å². The van der Waals surface area contributed by atoms with Gasteiger partial charge in [0.25, 0.3) is 0 Å². The summed E-state index contributed by atoms with van der Waals surface area (Å²) in [5.41, 5.74) is 6.19. The summed E-state index contributed by atoms with van der Waals surface area (Å²) in [5, 5.41) is 0. The Balaban J connectivity index is 2.22. The van der Waals surface area contributed by atoms with E-state index in [1.54, 1.807) is 0 Å². The molecular formula is C21H25N2. The second kappa shape index (κ2) is 6.57. The molecule has 0 fully saturated rings. The third-order valence-corrected chi connectivity index (χ3v) is 4.08. The lowest BCUT2D eigenvalue weighted by molar-refractivity contribution is 0.631. The van der Waals surface area contributed by atoms with Gasteiger partial charge in [0.15, 0.2) is 6.33 Å². The lowest BCUT2D eigenvalue weighted by Crippen LogP contribution is -2.08. The fraction of sp³-hybridized carbons (Fsp3) is 0.381. The number of aromatic nitrogens is 2. The molecule has 2 nitrogen and oxygen atoms in total. The van der Waals surface area contributed by atoms with Gasteiger partial charge in [-0.25, -0.2) is 4.98 Å². The Labute approximate surface area is 139 Å². The van der Waals surface area contributed by atoms with E-state index in [1.165, 1.54) is 16.8 Å². The van der Waals surface area contributed by atoms with Crippen molar-refractivity contribution < 1.29 is 0 Å². The van der Waals surface area contributed by atoms with Gasteiger partial charge < -0.3 is 0 Å². The Morgan fingerprint density at radius 3 is 2.09 bits per heavy atom. The summed E-state index contributed by atoms with van der Waals surface area (Å²) >= 11 is 0. The summed E-state index contributed by atoms with van der Waals surface area (Å²) in [5.74, 6) is 1.25. The molecule has 3 rings (SSSR count). The highest BCUT2D eigenvalue weighted by atomic mass is 15.1. The van der Waals surface area contributed by atoms with Crippen LogP contribution in [0.5, 0.6) is 0 Å². The fourth-order valence-corrected chi connectivity index (χ4v) is 3.22. The number of nitrogens with zero attached hydrogens (tertiary/aromatic N) is 2. The number of imidazole rings is 1. The molecule has 2 aromatic carbocycles. The number of hydrogen-bond donors (Lipinski definition) is 0. The highest BCUT2D eigenvalue weighted by molar-refractivity contribution is 5.77. The van der Waals surface area contributed by atoms with Gasteiger partial charge in [-0.05, 0) is 47.9 Å². The quantitative estimate of drug-likeness (QED) is 0.631. The molecular weight excluding hydrogens is 280 g/mol. The van der Waals surface area contributed by atoms with E-state index in [9.17, 15) is 0 Å². The average Bonchev–Trinajstić information content (AvgIpc) is 2.90. The maximum atomic E-state index is 4.47. The maximum Gasteiger partial charge on any atom is 0.182 e. The molecule has 0 bridgehead atoms. The number of hydrogen-bond acceptors (Lipinski definition) is 1. The van der Waals surface area contributed by atoms with Crippen LogP contribution in [-0.2, 0) is 12.8 Å². The molecule has 0 aliphatic carbocycles. The van der Waals surface area contributed by atoms with E-state index in [1.807, 2.05) is 6.07 Å². The molecule has 0 saturated carbocycles. The summed E-state index contributed by atoms with van der Waals surface area (Å²) in [7, 11) is 0. The molecule has 0 N–H and O–H groups in total. The first-order valence-corrected chi connectivity index (χ1v) is 8.52. The molecule has 0 amide bonds. The summed E-state index contributed by atoms with van der Waals surface area (Å²) in [4.78, 5) is 4.47. The molecule has 0 atom stereocenters. The highest BCUT2D eigenvalue weighted by Crippen LogP contribution is 2.28. The average molecular weight is 305 g/mol. The van der Waals surface area contributed by atoms with Crippen molar-refractivity contribution in [2.45, 2.75) is 40.5 Å². The zero-order chi connectivity index (χ0) is 16.4. The molecule has 1 radical (unpaired) electrons. The molecule has 3 aromatic rings. The van der Waals surface area contributed by atoms with Crippen LogP contribution >= 0.6 is 0 Å². The van der Waals surface area contributed by atoms with E-state index in [-0.39, 0.29) is 0 Å². The van der Waals surface area contributed by atoms with Gasteiger partial charge in [-0.1, -0.05) is 58.0 Å². The van der Waals surface area contributed by atoms with Crippen molar-refractivity contribution in [1.82, 2.24) is 9.55 Å². The maximum absolute atomic E-state index is 4.47. The molecule has 0 aliphatic heterocycles. The van der Waals surface area contributed by atoms with Crippen LogP contribution in [0, 0.1) is 18.2 Å². The van der Waals surface area contributed by atoms with Gasteiger partial charge in [0.2, 0.25) is 0 Å². The Bertz CT molecular complexity index is 768. The van der Waals surface area contributed by atoms with E-state index in [2.05, 4.69) is 80.0 Å². The van der Waals surface area contributed by atoms with Crippen LogP contribution in [0.15, 0.2) is 42.5 Å². The zero-order valence-electron chi connectivity index (χ0n) is 14.5. The smallest absolute Gasteiger partial charge is 0.182 e. The Morgan fingerprint density at radius 1 is 0.870 bits per heavy atom. The SMILES string of the molecule is CC(C)Cc1cccc(CC(C)C)c1-n1[c]nc2ccccc21. The summed E-state index contributed by atoms with van der Waals surface area (Å²) in [6, 6.07) is 15.0. The fourth-order valence-electron chi connectivity index (χ4n) is 3.22. The second-order valence-electron chi connectivity index (χ2n) is 7.16. The summed E-state index contributed by atoms with van der Waals surface area (Å²) in [6.45, 7) is 9.09. The third kappa shape index (κ3) is 3.31. The predicted octanol–water partition coefficient (Wildman–Crippen LogP) is 5.22. The van der Waals surface area contributed by atoms with Crippen LogP contribution in [0.3, 0.4) is 0 Å². The normalized spacial score (nSPS) is 11.7. The van der Waals surface area contributed by atoms with Crippen LogP contribution in [0.25, 0.3) is 16.7 Å². The Morgan fingerprint density at radius 2 is 1.48 bits per heavy atom. The van der Waals surface area contributed by atoms with Gasteiger partial charge in [-0.3, -0.25) is 4.57 Å². The number of fused-ring (bicyclic) bond motifs is 1. The van der Waals surface area contributed by atoms with E-state index in [0.717, 1.165) is 23.9 Å². The molecule has 1 aromatic heterocycles. The minimum Gasteiger partial charge on any atom is -0.289 e. The van der Waals surface area contributed by atoms with Crippen molar-refractivity contribution in [3.05, 3.63) is 59.9 Å². The van der Waals surface area contributed by atoms with Crippen molar-refractivity contribution >= 4 is 11.0 Å². The first-order chi connectivity index (χ1) is 11.1. The largest absolute Gasteiger partial charge is 0.289 e. The molecule has 0 spiro atoms. The number of rotatable bonds is 5. The predicted molar refractivity (Wildman–Crippen MR) is 97.0 cm³/mol. The van der Waals surface area contributed by atoms with Crippen LogP contribution < -0.4 is 0 Å². The van der Waals surface area contributed by atoms with Crippen molar-refractivity contribution in [2.75, 3.05) is 0 Å². The topological polar surface area (TPSA) is 17.8 Å². The highest BCUT2D eigenvalue weighted by Gasteiger charge is 2.15. The minimum atomic E-state index is 0.623. The van der Waals surface area contributed by atoms with E-state index in [4.69, 9.17) is 0 Å². The zero-order valence-corrected chi connectivity index (χ0v) is 14.5. The first kappa shape index (κ1) is 15.8. The monoisotopic (exact) mass is 305 g/mol. The van der Waals surface area contributed by atoms with Gasteiger partial charge in [0.1, 0.15) is 0 Å². The molecule has 23 heavy (non-hydrogen) atoms. The Kier molecular flexibility index (Phi) is 4.51. The Hall–Kier alpha value is -2.09.